The van der Waals surface area contributed by atoms with Gasteiger partial charge in [-0.3, -0.25) is 4.90 Å². The minimum atomic E-state index is 0.444. The Balaban J connectivity index is 1.85. The van der Waals surface area contributed by atoms with Crippen LogP contribution in [0.15, 0.2) is 30.5 Å². The molecule has 0 aliphatic heterocycles. The van der Waals surface area contributed by atoms with E-state index in [0.717, 1.165) is 50.0 Å². The van der Waals surface area contributed by atoms with Crippen LogP contribution in [0.25, 0.3) is 5.78 Å². The highest BCUT2D eigenvalue weighted by molar-refractivity contribution is 7.99. The Hall–Kier alpha value is -1.86. The zero-order valence-corrected chi connectivity index (χ0v) is 17.3. The zero-order valence-electron chi connectivity index (χ0n) is 16.4. The van der Waals surface area contributed by atoms with Gasteiger partial charge in [0.25, 0.3) is 5.78 Å². The summed E-state index contributed by atoms with van der Waals surface area (Å²) in [5.41, 5.74) is 2.48. The van der Waals surface area contributed by atoms with E-state index in [1.807, 2.05) is 16.7 Å². The third kappa shape index (κ3) is 4.90. The molecule has 0 fully saturated rings. The quantitative estimate of drug-likeness (QED) is 0.497. The highest BCUT2D eigenvalue weighted by Crippen LogP contribution is 2.29. The summed E-state index contributed by atoms with van der Waals surface area (Å²) in [5.74, 6) is 1.77. The van der Waals surface area contributed by atoms with Gasteiger partial charge in [-0.05, 0) is 25.7 Å². The number of thioether (sulfide) groups is 1. The molecule has 2 aromatic heterocycles. The fourth-order valence-corrected chi connectivity index (χ4v) is 4.11. The maximum atomic E-state index is 4.81. The summed E-state index contributed by atoms with van der Waals surface area (Å²) in [4.78, 5) is 11.8. The minimum Gasteiger partial charge on any atom is -0.368 e. The summed E-state index contributed by atoms with van der Waals surface area (Å²) in [7, 11) is 0. The molecule has 0 atom stereocenters. The number of nitrogens with zero attached hydrogens (tertiary/aromatic N) is 5. The Morgan fingerprint density at radius 3 is 2.63 bits per heavy atom. The van der Waals surface area contributed by atoms with Crippen LogP contribution in [-0.4, -0.2) is 55.9 Å². The second-order valence-corrected chi connectivity index (χ2v) is 8.67. The third-order valence-corrected chi connectivity index (χ3v) is 5.43. The Morgan fingerprint density at radius 2 is 1.93 bits per heavy atom. The van der Waals surface area contributed by atoms with Gasteiger partial charge in [-0.2, -0.15) is 9.50 Å². The first kappa shape index (κ1) is 19.9. The number of hydrogen-bond donors (Lipinski definition) is 1. The first-order valence-electron chi connectivity index (χ1n) is 9.75. The van der Waals surface area contributed by atoms with Gasteiger partial charge in [-0.1, -0.05) is 37.8 Å². The van der Waals surface area contributed by atoms with E-state index in [1.54, 1.807) is 11.8 Å². The topological polar surface area (TPSA) is 58.3 Å². The summed E-state index contributed by atoms with van der Waals surface area (Å²) in [6.07, 6.45) is 8.35. The van der Waals surface area contributed by atoms with E-state index in [4.69, 9.17) is 10.1 Å². The van der Waals surface area contributed by atoms with Crippen LogP contribution in [-0.2, 0) is 12.8 Å². The van der Waals surface area contributed by atoms with Gasteiger partial charge in [-0.15, -0.1) is 18.3 Å². The molecular weight excluding hydrogens is 356 g/mol. The number of nitrogens with one attached hydrogen (secondary N) is 1. The van der Waals surface area contributed by atoms with E-state index in [0.29, 0.717) is 11.0 Å². The zero-order chi connectivity index (χ0) is 19.2. The molecule has 27 heavy (non-hydrogen) atoms. The summed E-state index contributed by atoms with van der Waals surface area (Å²) < 4.78 is 1.90. The lowest BCUT2D eigenvalue weighted by atomic mass is 9.96. The molecule has 1 N–H and O–H groups in total. The summed E-state index contributed by atoms with van der Waals surface area (Å²) in [6.45, 7) is 15.5. The van der Waals surface area contributed by atoms with Crippen molar-refractivity contribution in [2.75, 3.05) is 31.5 Å². The van der Waals surface area contributed by atoms with Gasteiger partial charge in [0.1, 0.15) is 5.82 Å². The molecular formula is C20H30N6S. The van der Waals surface area contributed by atoms with Crippen LogP contribution in [0.5, 0.6) is 0 Å². The van der Waals surface area contributed by atoms with Gasteiger partial charge in [0.15, 0.2) is 0 Å². The maximum absolute atomic E-state index is 4.81. The molecule has 3 rings (SSSR count). The lowest BCUT2D eigenvalue weighted by Gasteiger charge is -2.22. The molecule has 0 saturated heterocycles. The van der Waals surface area contributed by atoms with Gasteiger partial charge in [0, 0.05) is 37.0 Å². The SMILES string of the molecule is C=CCN(CC=C)CCNc1c2c(nc3nc(SC(C)C)nn13)CCCC2. The first-order valence-corrected chi connectivity index (χ1v) is 10.6. The molecule has 0 radical (unpaired) electrons. The molecule has 0 amide bonds. The second kappa shape index (κ2) is 9.37. The fourth-order valence-electron chi connectivity index (χ4n) is 3.42. The average Bonchev–Trinajstić information content (AvgIpc) is 3.02. The number of aryl methyl sites for hydroxylation is 1. The predicted molar refractivity (Wildman–Crippen MR) is 114 cm³/mol. The van der Waals surface area contributed by atoms with E-state index in [-0.39, 0.29) is 0 Å². The number of anilines is 1. The van der Waals surface area contributed by atoms with Crippen molar-refractivity contribution in [1.82, 2.24) is 24.5 Å². The van der Waals surface area contributed by atoms with Gasteiger partial charge in [0.2, 0.25) is 5.16 Å². The molecule has 0 aromatic carbocycles. The fraction of sp³-hybridized carbons (Fsp3) is 0.550. The molecule has 146 valence electrons. The van der Waals surface area contributed by atoms with Crippen molar-refractivity contribution < 1.29 is 0 Å². The van der Waals surface area contributed by atoms with Crippen molar-refractivity contribution >= 4 is 23.4 Å². The molecule has 6 nitrogen and oxygen atoms in total. The second-order valence-electron chi connectivity index (χ2n) is 7.13. The highest BCUT2D eigenvalue weighted by atomic mass is 32.2. The maximum Gasteiger partial charge on any atom is 0.255 e. The number of fused-ring (bicyclic) bond motifs is 2. The molecule has 2 aromatic rings. The predicted octanol–water partition coefficient (Wildman–Crippen LogP) is 3.59. The van der Waals surface area contributed by atoms with Crippen molar-refractivity contribution in [3.63, 3.8) is 0 Å². The molecule has 0 unspecified atom stereocenters. The van der Waals surface area contributed by atoms with Crippen molar-refractivity contribution in [2.45, 2.75) is 49.9 Å². The average molecular weight is 387 g/mol. The standard InChI is InChI=1S/C20H30N6S/c1-5-12-25(13-6-2)14-11-21-18-16-9-7-8-10-17(16)22-19-23-20(24-26(18)19)27-15(3)4/h5-6,15,21H,1-2,7-14H2,3-4H3. The molecule has 7 heteroatoms. The summed E-state index contributed by atoms with van der Waals surface area (Å²) >= 11 is 1.68. The van der Waals surface area contributed by atoms with Crippen molar-refractivity contribution in [2.24, 2.45) is 0 Å². The Labute approximate surface area is 166 Å². The Bertz CT molecular complexity index is 787. The number of hydrogen-bond acceptors (Lipinski definition) is 6. The molecule has 2 heterocycles. The monoisotopic (exact) mass is 386 g/mol. The highest BCUT2D eigenvalue weighted by Gasteiger charge is 2.21. The van der Waals surface area contributed by atoms with Gasteiger partial charge < -0.3 is 5.32 Å². The normalized spacial score (nSPS) is 13.9. The Morgan fingerprint density at radius 1 is 1.19 bits per heavy atom. The largest absolute Gasteiger partial charge is 0.368 e. The molecule has 1 aliphatic carbocycles. The number of rotatable bonds is 10. The van der Waals surface area contributed by atoms with Crippen LogP contribution in [0.2, 0.25) is 0 Å². The number of aromatic nitrogens is 4. The summed E-state index contributed by atoms with van der Waals surface area (Å²) in [5, 5.41) is 9.60. The lowest BCUT2D eigenvalue weighted by Crippen LogP contribution is -2.30. The smallest absolute Gasteiger partial charge is 0.255 e. The van der Waals surface area contributed by atoms with Crippen molar-refractivity contribution in [1.29, 1.82) is 0 Å². The summed E-state index contributed by atoms with van der Waals surface area (Å²) in [6, 6.07) is 0. The van der Waals surface area contributed by atoms with Crippen LogP contribution >= 0.6 is 11.8 Å². The third-order valence-electron chi connectivity index (χ3n) is 4.58. The van der Waals surface area contributed by atoms with E-state index in [9.17, 15) is 0 Å². The van der Waals surface area contributed by atoms with Crippen LogP contribution in [0.1, 0.15) is 37.9 Å². The lowest BCUT2D eigenvalue weighted by molar-refractivity contribution is 0.348. The first-order chi connectivity index (χ1) is 13.1. The van der Waals surface area contributed by atoms with E-state index in [1.165, 1.54) is 24.1 Å². The van der Waals surface area contributed by atoms with Crippen LogP contribution in [0, 0.1) is 0 Å². The van der Waals surface area contributed by atoms with Gasteiger partial charge in [-0.25, -0.2) is 4.98 Å². The Kier molecular flexibility index (Phi) is 6.90. The van der Waals surface area contributed by atoms with E-state index >= 15 is 0 Å². The van der Waals surface area contributed by atoms with E-state index in [2.05, 4.69) is 42.2 Å². The molecule has 0 spiro atoms. The molecule has 0 saturated carbocycles. The van der Waals surface area contributed by atoms with Crippen LogP contribution < -0.4 is 5.32 Å². The van der Waals surface area contributed by atoms with Crippen molar-refractivity contribution in [3.05, 3.63) is 36.6 Å². The van der Waals surface area contributed by atoms with Crippen LogP contribution in [0.4, 0.5) is 5.82 Å². The van der Waals surface area contributed by atoms with Gasteiger partial charge in [0.05, 0.1) is 5.69 Å². The van der Waals surface area contributed by atoms with E-state index < -0.39 is 0 Å². The molecule has 1 aliphatic rings. The van der Waals surface area contributed by atoms with Crippen molar-refractivity contribution in [3.8, 4) is 0 Å². The van der Waals surface area contributed by atoms with Crippen LogP contribution in [0.3, 0.4) is 0 Å². The minimum absolute atomic E-state index is 0.444. The molecule has 0 bridgehead atoms. The van der Waals surface area contributed by atoms with Gasteiger partial charge >= 0.3 is 0 Å².